The number of H-pyrrole nitrogens is 1. The number of piperazine rings is 1. The van der Waals surface area contributed by atoms with E-state index in [1.807, 2.05) is 30.0 Å². The summed E-state index contributed by atoms with van der Waals surface area (Å²) in [4.78, 5) is 62.7. The Bertz CT molecular complexity index is 2850. The fraction of sp³-hybridized carbons (Fsp3) is 0.368. The van der Waals surface area contributed by atoms with Crippen molar-refractivity contribution < 1.29 is 23.5 Å². The number of rotatable bonds is 12. The highest BCUT2D eigenvalue weighted by atomic mass is 79.9. The SMILES string of the molecule is C=C(COC(=O)N1CCN(c2nc(NCc3nc4ccc(C)cc4[nH]3)n3ncc(Br)c3n2)CC1)C(=O)N[C@@H]1CN(c2nc(Nc3cn(C)nc3OC)c3ncn(C)c3n2)C[C@H]1F. The van der Waals surface area contributed by atoms with Crippen LogP contribution in [0.25, 0.3) is 27.8 Å². The van der Waals surface area contributed by atoms with Crippen molar-refractivity contribution in [3.05, 3.63) is 64.9 Å². The van der Waals surface area contributed by atoms with E-state index in [1.54, 1.807) is 51.5 Å². The zero-order valence-electron chi connectivity index (χ0n) is 34.1. The van der Waals surface area contributed by atoms with Gasteiger partial charge in [-0.15, -0.1) is 5.10 Å². The summed E-state index contributed by atoms with van der Waals surface area (Å²) in [5.74, 6) is 2.02. The molecule has 6 aromatic heterocycles. The molecule has 2 amide bonds. The molecular formula is C38H42BrFN18O4. The van der Waals surface area contributed by atoms with Gasteiger partial charge in [0.15, 0.2) is 22.6 Å². The van der Waals surface area contributed by atoms with E-state index in [-0.39, 0.29) is 31.2 Å². The molecule has 322 valence electrons. The van der Waals surface area contributed by atoms with Gasteiger partial charge in [-0.1, -0.05) is 12.6 Å². The lowest BCUT2D eigenvalue weighted by molar-refractivity contribution is -0.118. The number of carbonyl (C=O) groups is 2. The Morgan fingerprint density at radius 3 is 2.63 bits per heavy atom. The molecule has 0 saturated carbocycles. The molecule has 4 N–H and O–H groups in total. The lowest BCUT2D eigenvalue weighted by Gasteiger charge is -2.34. The van der Waals surface area contributed by atoms with Crippen LogP contribution in [0.1, 0.15) is 11.4 Å². The number of aromatic nitrogens is 12. The maximum atomic E-state index is 15.5. The molecule has 22 nitrogen and oxygen atoms in total. The molecule has 0 bridgehead atoms. The Labute approximate surface area is 360 Å². The summed E-state index contributed by atoms with van der Waals surface area (Å²) in [6.45, 7) is 7.31. The second-order valence-corrected chi connectivity index (χ2v) is 15.9. The van der Waals surface area contributed by atoms with Crippen molar-refractivity contribution in [2.75, 3.05) is 73.4 Å². The second-order valence-electron chi connectivity index (χ2n) is 15.0. The van der Waals surface area contributed by atoms with Crippen LogP contribution in [0.2, 0.25) is 0 Å². The summed E-state index contributed by atoms with van der Waals surface area (Å²) >= 11 is 3.54. The highest BCUT2D eigenvalue weighted by Gasteiger charge is 2.36. The minimum atomic E-state index is -1.45. The van der Waals surface area contributed by atoms with E-state index >= 15 is 4.39 Å². The van der Waals surface area contributed by atoms with E-state index in [4.69, 9.17) is 19.4 Å². The Morgan fingerprint density at radius 1 is 1.03 bits per heavy atom. The molecule has 2 atom stereocenters. The second kappa shape index (κ2) is 16.4. The molecule has 7 aromatic rings. The first-order chi connectivity index (χ1) is 29.9. The molecule has 2 aliphatic rings. The van der Waals surface area contributed by atoms with Gasteiger partial charge in [-0.2, -0.15) is 29.5 Å². The standard InChI is InChI=1S/C38H42BrFN18O4/c1-20-6-7-24-25(12-20)45-28(44-24)14-41-35-51-37(49-31-22(39)13-43-58(31)35)55-8-10-56(11-9-55)38(60)62-18-21(2)33(59)47-26-17-57(15-23(26)40)36-48-30(29-32(50-36)53(3)19-42-29)46-27-16-54(4)52-34(27)61-5/h6-7,12-13,16,19,23,26H,2,8-11,14-15,17-18H2,1,3-5H3,(H,44,45)(H,47,59)(H,41,49,51)(H,46,48,50)/t23-,26-/m1/s1. The summed E-state index contributed by atoms with van der Waals surface area (Å²) in [6, 6.07) is 5.14. The van der Waals surface area contributed by atoms with Gasteiger partial charge in [-0.25, -0.2) is 19.2 Å². The number of fused-ring (bicyclic) bond motifs is 3. The van der Waals surface area contributed by atoms with Crippen molar-refractivity contribution in [2.45, 2.75) is 25.7 Å². The van der Waals surface area contributed by atoms with Crippen LogP contribution in [0.4, 0.5) is 38.5 Å². The summed E-state index contributed by atoms with van der Waals surface area (Å²) in [5, 5.41) is 17.9. The first-order valence-electron chi connectivity index (χ1n) is 19.6. The van der Waals surface area contributed by atoms with Gasteiger partial charge in [-0.05, 0) is 40.5 Å². The van der Waals surface area contributed by atoms with Gasteiger partial charge in [0.25, 0.3) is 5.88 Å². The maximum Gasteiger partial charge on any atom is 0.410 e. The molecule has 1 aromatic carbocycles. The van der Waals surface area contributed by atoms with E-state index in [0.29, 0.717) is 83.3 Å². The molecule has 0 radical (unpaired) electrons. The number of alkyl halides is 1. The minimum Gasteiger partial charge on any atom is -0.478 e. The van der Waals surface area contributed by atoms with E-state index in [0.717, 1.165) is 22.4 Å². The van der Waals surface area contributed by atoms with Crippen molar-refractivity contribution in [1.29, 1.82) is 0 Å². The van der Waals surface area contributed by atoms with Crippen LogP contribution in [-0.4, -0.2) is 141 Å². The van der Waals surface area contributed by atoms with Crippen molar-refractivity contribution in [3.63, 3.8) is 0 Å². The number of hydrogen-bond acceptors (Lipinski definition) is 16. The van der Waals surface area contributed by atoms with Gasteiger partial charge in [0.2, 0.25) is 23.8 Å². The molecule has 0 aliphatic carbocycles. The number of benzene rings is 1. The number of hydrogen-bond donors (Lipinski definition) is 4. The van der Waals surface area contributed by atoms with E-state index in [2.05, 4.69) is 73.6 Å². The maximum absolute atomic E-state index is 15.5. The fourth-order valence-corrected chi connectivity index (χ4v) is 7.65. The molecule has 8 heterocycles. The monoisotopic (exact) mass is 912 g/mol. The van der Waals surface area contributed by atoms with Crippen molar-refractivity contribution in [1.82, 2.24) is 69.1 Å². The van der Waals surface area contributed by atoms with Gasteiger partial charge in [-0.3, -0.25) is 9.48 Å². The number of aromatic amines is 1. The first kappa shape index (κ1) is 40.3. The zero-order chi connectivity index (χ0) is 43.2. The molecule has 2 saturated heterocycles. The van der Waals surface area contributed by atoms with Crippen LogP contribution >= 0.6 is 15.9 Å². The van der Waals surface area contributed by atoms with Crippen LogP contribution in [0.5, 0.6) is 5.88 Å². The summed E-state index contributed by atoms with van der Waals surface area (Å²) < 4.78 is 32.0. The third-order valence-electron chi connectivity index (χ3n) is 10.6. The topological polar surface area (TPSA) is 232 Å². The number of amides is 2. The van der Waals surface area contributed by atoms with E-state index in [9.17, 15) is 9.59 Å². The van der Waals surface area contributed by atoms with Gasteiger partial charge in [0.1, 0.15) is 24.3 Å². The molecule has 0 unspecified atom stereocenters. The molecule has 2 aliphatic heterocycles. The number of methoxy groups -OCH3 is 1. The van der Waals surface area contributed by atoms with Crippen molar-refractivity contribution in [3.8, 4) is 5.88 Å². The number of nitrogens with one attached hydrogen (secondary N) is 4. The predicted octanol–water partition coefficient (Wildman–Crippen LogP) is 3.00. The summed E-state index contributed by atoms with van der Waals surface area (Å²) in [5.41, 5.74) is 5.08. The van der Waals surface area contributed by atoms with Gasteiger partial charge < -0.3 is 49.7 Å². The first-order valence-corrected chi connectivity index (χ1v) is 20.4. The Morgan fingerprint density at radius 2 is 1.82 bits per heavy atom. The number of aryl methyl sites for hydroxylation is 3. The normalized spacial score (nSPS) is 16.7. The highest BCUT2D eigenvalue weighted by Crippen LogP contribution is 2.31. The molecule has 2 fully saturated rings. The van der Waals surface area contributed by atoms with Crippen LogP contribution in [-0.2, 0) is 30.2 Å². The molecule has 9 rings (SSSR count). The smallest absolute Gasteiger partial charge is 0.410 e. The number of anilines is 5. The average molecular weight is 914 g/mol. The summed E-state index contributed by atoms with van der Waals surface area (Å²) in [7, 11) is 5.07. The lowest BCUT2D eigenvalue weighted by Crippen LogP contribution is -2.49. The third kappa shape index (κ3) is 7.94. The number of carbonyl (C=O) groups excluding carboxylic acids is 2. The van der Waals surface area contributed by atoms with Gasteiger partial charge in [0, 0.05) is 52.4 Å². The van der Waals surface area contributed by atoms with Crippen LogP contribution in [0.3, 0.4) is 0 Å². The Balaban J connectivity index is 0.779. The molecule has 0 spiro atoms. The molecule has 62 heavy (non-hydrogen) atoms. The van der Waals surface area contributed by atoms with E-state index < -0.39 is 24.2 Å². The number of imidazole rings is 2. The quantitative estimate of drug-likeness (QED) is 0.129. The van der Waals surface area contributed by atoms with Gasteiger partial charge in [0.05, 0.1) is 60.5 Å². The third-order valence-corrected chi connectivity index (χ3v) is 11.1. The Hall–Kier alpha value is -7.11. The fourth-order valence-electron chi connectivity index (χ4n) is 7.30. The molecular weight excluding hydrogens is 871 g/mol. The minimum absolute atomic E-state index is 0.0297. The largest absolute Gasteiger partial charge is 0.478 e. The number of ether oxygens (including phenoxy) is 2. The van der Waals surface area contributed by atoms with Crippen LogP contribution < -0.4 is 30.5 Å². The van der Waals surface area contributed by atoms with Crippen molar-refractivity contribution >= 4 is 85.1 Å². The van der Waals surface area contributed by atoms with Crippen LogP contribution in [0, 0.1) is 6.92 Å². The number of halogens is 2. The average Bonchev–Trinajstić information content (AvgIpc) is 4.10. The van der Waals surface area contributed by atoms with Gasteiger partial charge >= 0.3 is 6.09 Å². The van der Waals surface area contributed by atoms with Crippen LogP contribution in [0.15, 0.2) is 53.5 Å². The lowest BCUT2D eigenvalue weighted by atomic mass is 10.2. The van der Waals surface area contributed by atoms with E-state index in [1.165, 1.54) is 12.0 Å². The number of nitrogens with zero attached hydrogens (tertiary/aromatic N) is 14. The highest BCUT2D eigenvalue weighted by molar-refractivity contribution is 9.10. The summed E-state index contributed by atoms with van der Waals surface area (Å²) in [6.07, 6.45) is 2.94. The zero-order valence-corrected chi connectivity index (χ0v) is 35.7. The molecule has 24 heteroatoms. The van der Waals surface area contributed by atoms with Crippen molar-refractivity contribution in [2.24, 2.45) is 14.1 Å². The predicted molar refractivity (Wildman–Crippen MR) is 229 cm³/mol. The Kier molecular flexibility index (Phi) is 10.7.